The lowest BCUT2D eigenvalue weighted by atomic mass is 10.1. The third kappa shape index (κ3) is 5.41. The van der Waals surface area contributed by atoms with E-state index in [1.54, 1.807) is 24.3 Å². The number of carbonyl (C=O) groups is 1. The van der Waals surface area contributed by atoms with Gasteiger partial charge in [-0.25, -0.2) is 9.59 Å². The molecular formula is C20H13F3O5S. The molecule has 150 valence electrons. The Labute approximate surface area is 166 Å². The van der Waals surface area contributed by atoms with Crippen LogP contribution in [0.15, 0.2) is 75.3 Å². The Morgan fingerprint density at radius 2 is 1.86 bits per heavy atom. The molecule has 0 atom stereocenters. The summed E-state index contributed by atoms with van der Waals surface area (Å²) in [4.78, 5) is 24.1. The second kappa shape index (κ2) is 8.44. The van der Waals surface area contributed by atoms with Gasteiger partial charge < -0.3 is 13.9 Å². The van der Waals surface area contributed by atoms with Crippen LogP contribution < -0.4 is 10.4 Å². The molecule has 0 saturated carbocycles. The van der Waals surface area contributed by atoms with Crippen molar-refractivity contribution < 1.29 is 31.9 Å². The number of halogens is 3. The van der Waals surface area contributed by atoms with E-state index >= 15 is 0 Å². The van der Waals surface area contributed by atoms with Gasteiger partial charge in [0.2, 0.25) is 0 Å². The van der Waals surface area contributed by atoms with Gasteiger partial charge in [0.1, 0.15) is 17.3 Å². The lowest BCUT2D eigenvalue weighted by Crippen LogP contribution is -2.17. The summed E-state index contributed by atoms with van der Waals surface area (Å²) in [6, 6.07) is 11.6. The van der Waals surface area contributed by atoms with Crippen molar-refractivity contribution in [2.45, 2.75) is 11.3 Å². The molecule has 9 heteroatoms. The number of thioether (sulfide) groups is 1. The van der Waals surface area contributed by atoms with Crippen LogP contribution in [0.1, 0.15) is 0 Å². The second-order valence-corrected chi connectivity index (χ2v) is 6.64. The lowest BCUT2D eigenvalue weighted by molar-refractivity contribution is -0.274. The Morgan fingerprint density at radius 1 is 1.14 bits per heavy atom. The molecule has 1 aromatic heterocycles. The highest BCUT2D eigenvalue weighted by atomic mass is 32.2. The van der Waals surface area contributed by atoms with Gasteiger partial charge in [-0.05, 0) is 35.9 Å². The smallest absolute Gasteiger partial charge is 0.451 e. The van der Waals surface area contributed by atoms with E-state index in [9.17, 15) is 22.8 Å². The lowest BCUT2D eigenvalue weighted by Gasteiger charge is -2.09. The minimum atomic E-state index is -4.79. The number of alkyl halides is 3. The van der Waals surface area contributed by atoms with Crippen molar-refractivity contribution in [3.63, 3.8) is 0 Å². The van der Waals surface area contributed by atoms with Gasteiger partial charge in [0.05, 0.1) is 5.56 Å². The minimum absolute atomic E-state index is 0.0744. The molecular weight excluding hydrogens is 409 g/mol. The van der Waals surface area contributed by atoms with Crippen LogP contribution in [0.2, 0.25) is 0 Å². The third-order valence-corrected chi connectivity index (χ3v) is 4.52. The fourth-order valence-electron chi connectivity index (χ4n) is 2.43. The van der Waals surface area contributed by atoms with Crippen LogP contribution in [-0.2, 0) is 9.53 Å². The van der Waals surface area contributed by atoms with Crippen LogP contribution in [0, 0.1) is 0 Å². The molecule has 0 bridgehead atoms. The van der Waals surface area contributed by atoms with Crippen molar-refractivity contribution in [1.29, 1.82) is 0 Å². The molecule has 5 nitrogen and oxygen atoms in total. The molecule has 0 radical (unpaired) electrons. The molecule has 0 saturated heterocycles. The van der Waals surface area contributed by atoms with Crippen molar-refractivity contribution >= 4 is 28.7 Å². The van der Waals surface area contributed by atoms with Crippen LogP contribution in [0.4, 0.5) is 13.2 Å². The van der Waals surface area contributed by atoms with E-state index < -0.39 is 18.0 Å². The monoisotopic (exact) mass is 422 g/mol. The van der Waals surface area contributed by atoms with E-state index in [-0.39, 0.29) is 17.3 Å². The quantitative estimate of drug-likeness (QED) is 0.180. The first kappa shape index (κ1) is 20.5. The highest BCUT2D eigenvalue weighted by molar-refractivity contribution is 7.99. The summed E-state index contributed by atoms with van der Waals surface area (Å²) >= 11 is 1.23. The summed E-state index contributed by atoms with van der Waals surface area (Å²) in [6.07, 6.45) is -3.73. The van der Waals surface area contributed by atoms with E-state index in [2.05, 4.69) is 11.3 Å². The molecule has 2 aromatic carbocycles. The SMILES string of the molecule is C=CC(=O)OCSc1ccc2cc(-c3ccc(OC(F)(F)F)cc3)c(=O)oc2c1. The van der Waals surface area contributed by atoms with E-state index in [0.717, 1.165) is 23.1 Å². The molecule has 0 aliphatic carbocycles. The number of benzene rings is 2. The Bertz CT molecular complexity index is 1100. The highest BCUT2D eigenvalue weighted by Crippen LogP contribution is 2.28. The largest absolute Gasteiger partial charge is 0.573 e. The minimum Gasteiger partial charge on any atom is -0.451 e. The molecule has 0 fully saturated rings. The van der Waals surface area contributed by atoms with Gasteiger partial charge in [0.25, 0.3) is 0 Å². The first-order valence-corrected chi connectivity index (χ1v) is 9.10. The number of ether oxygens (including phenoxy) is 2. The van der Waals surface area contributed by atoms with Gasteiger partial charge in [-0.1, -0.05) is 36.5 Å². The zero-order valence-electron chi connectivity index (χ0n) is 14.7. The van der Waals surface area contributed by atoms with E-state index in [0.29, 0.717) is 16.5 Å². The number of carbonyl (C=O) groups excluding carboxylic acids is 1. The number of fused-ring (bicyclic) bond motifs is 1. The first-order valence-electron chi connectivity index (χ1n) is 8.11. The molecule has 0 spiro atoms. The van der Waals surface area contributed by atoms with Crippen LogP contribution >= 0.6 is 11.8 Å². The van der Waals surface area contributed by atoms with Crippen LogP contribution in [0.5, 0.6) is 5.75 Å². The molecule has 0 aliphatic rings. The predicted molar refractivity (Wildman–Crippen MR) is 102 cm³/mol. The van der Waals surface area contributed by atoms with Gasteiger partial charge in [0.15, 0.2) is 0 Å². The Hall–Kier alpha value is -3.20. The average Bonchev–Trinajstić information content (AvgIpc) is 2.66. The van der Waals surface area contributed by atoms with Crippen molar-refractivity contribution in [2.24, 2.45) is 0 Å². The van der Waals surface area contributed by atoms with Crippen molar-refractivity contribution in [2.75, 3.05) is 5.94 Å². The Morgan fingerprint density at radius 3 is 2.52 bits per heavy atom. The predicted octanol–water partition coefficient (Wildman–Crippen LogP) is 5.14. The first-order chi connectivity index (χ1) is 13.7. The molecule has 0 unspecified atom stereocenters. The zero-order chi connectivity index (χ0) is 21.0. The van der Waals surface area contributed by atoms with Gasteiger partial charge in [-0.15, -0.1) is 13.2 Å². The van der Waals surface area contributed by atoms with E-state index in [1.807, 2.05) is 0 Å². The number of rotatable bonds is 6. The zero-order valence-corrected chi connectivity index (χ0v) is 15.5. The molecule has 3 rings (SSSR count). The molecule has 0 N–H and O–H groups in total. The number of hydrogen-bond donors (Lipinski definition) is 0. The van der Waals surface area contributed by atoms with E-state index in [4.69, 9.17) is 9.15 Å². The average molecular weight is 422 g/mol. The normalized spacial score (nSPS) is 11.3. The topological polar surface area (TPSA) is 65.7 Å². The summed E-state index contributed by atoms with van der Waals surface area (Å²) in [7, 11) is 0. The fraction of sp³-hybridized carbons (Fsp3) is 0.100. The highest BCUT2D eigenvalue weighted by Gasteiger charge is 2.31. The maximum Gasteiger partial charge on any atom is 0.573 e. The van der Waals surface area contributed by atoms with Crippen molar-refractivity contribution in [3.05, 3.63) is 71.6 Å². The summed E-state index contributed by atoms with van der Waals surface area (Å²) < 4.78 is 50.8. The number of hydrogen-bond acceptors (Lipinski definition) is 6. The molecule has 0 aliphatic heterocycles. The molecule has 3 aromatic rings. The van der Waals surface area contributed by atoms with Crippen LogP contribution in [0.3, 0.4) is 0 Å². The fourth-order valence-corrected chi connectivity index (χ4v) is 3.10. The van der Waals surface area contributed by atoms with E-state index in [1.165, 1.54) is 23.9 Å². The van der Waals surface area contributed by atoms with Gasteiger partial charge in [-0.2, -0.15) is 0 Å². The number of esters is 1. The van der Waals surface area contributed by atoms with Crippen LogP contribution in [0.25, 0.3) is 22.1 Å². The van der Waals surface area contributed by atoms with Gasteiger partial charge in [0, 0.05) is 16.4 Å². The third-order valence-electron chi connectivity index (χ3n) is 3.70. The molecule has 0 amide bonds. The van der Waals surface area contributed by atoms with Gasteiger partial charge >= 0.3 is 18.0 Å². The van der Waals surface area contributed by atoms with Crippen LogP contribution in [-0.4, -0.2) is 18.3 Å². The summed E-state index contributed by atoms with van der Waals surface area (Å²) in [5.41, 5.74) is 0.291. The molecule has 1 heterocycles. The summed E-state index contributed by atoms with van der Waals surface area (Å²) in [6.45, 7) is 3.30. The summed E-state index contributed by atoms with van der Waals surface area (Å²) in [5.74, 6) is -0.850. The maximum atomic E-state index is 12.3. The Balaban J connectivity index is 1.82. The van der Waals surface area contributed by atoms with Gasteiger partial charge in [-0.3, -0.25) is 0 Å². The molecule has 29 heavy (non-hydrogen) atoms. The standard InChI is InChI=1S/C20H13F3O5S/c1-2-18(24)26-11-29-15-8-5-13-9-16(19(25)27-17(13)10-15)12-3-6-14(7-4-12)28-20(21,22)23/h2-10H,1,11H2. The van der Waals surface area contributed by atoms with Crippen molar-refractivity contribution in [3.8, 4) is 16.9 Å². The van der Waals surface area contributed by atoms with Crippen molar-refractivity contribution in [1.82, 2.24) is 0 Å². The summed E-state index contributed by atoms with van der Waals surface area (Å²) in [5, 5.41) is 0.627. The second-order valence-electron chi connectivity index (χ2n) is 5.65. The maximum absolute atomic E-state index is 12.3. The Kier molecular flexibility index (Phi) is 5.97.